The Morgan fingerprint density at radius 3 is 2.08 bits per heavy atom. The van der Waals surface area contributed by atoms with Crippen molar-refractivity contribution in [1.82, 2.24) is 0 Å². The molecular weight excluding hydrogens is 516 g/mol. The molecule has 4 nitrogen and oxygen atoms in total. The summed E-state index contributed by atoms with van der Waals surface area (Å²) in [5, 5.41) is -1.64. The number of halogens is 8. The van der Waals surface area contributed by atoms with Crippen molar-refractivity contribution in [3.05, 3.63) is 76.4 Å². The molecule has 0 amide bonds. The molecule has 0 aromatic heterocycles. The van der Waals surface area contributed by atoms with Crippen molar-refractivity contribution in [3.8, 4) is 5.75 Å². The Hall–Kier alpha value is -2.96. The normalized spacial score (nSPS) is 23.6. The Balaban J connectivity index is 1.45. The average molecular weight is 534 g/mol. The Kier molecular flexibility index (Phi) is 6.12. The number of benzene rings is 3. The number of ether oxygens (including phenoxy) is 4. The van der Waals surface area contributed by atoms with Gasteiger partial charge in [0.1, 0.15) is 17.1 Å². The molecule has 0 saturated carbocycles. The number of fused-ring (bicyclic) bond motifs is 4. The summed E-state index contributed by atoms with van der Waals surface area (Å²) >= 11 is 0. The van der Waals surface area contributed by atoms with Crippen molar-refractivity contribution in [2.24, 2.45) is 5.41 Å². The van der Waals surface area contributed by atoms with E-state index in [4.69, 9.17) is 14.2 Å². The molecule has 3 saturated heterocycles. The number of hydrogen-bond acceptors (Lipinski definition) is 4. The topological polar surface area (TPSA) is 36.9 Å². The van der Waals surface area contributed by atoms with Crippen LogP contribution in [0.4, 0.5) is 35.1 Å². The monoisotopic (exact) mass is 534 g/mol. The van der Waals surface area contributed by atoms with Crippen molar-refractivity contribution in [2.75, 3.05) is 19.8 Å². The molecule has 3 aromatic carbocycles. The second kappa shape index (κ2) is 8.81. The van der Waals surface area contributed by atoms with Gasteiger partial charge < -0.3 is 18.9 Å². The first kappa shape index (κ1) is 25.7. The molecule has 37 heavy (non-hydrogen) atoms. The van der Waals surface area contributed by atoms with Gasteiger partial charge in [0.2, 0.25) is 0 Å². The first-order valence-corrected chi connectivity index (χ1v) is 11.2. The van der Waals surface area contributed by atoms with E-state index in [0.29, 0.717) is 24.6 Å². The van der Waals surface area contributed by atoms with Crippen LogP contribution in [-0.4, -0.2) is 19.8 Å². The van der Waals surface area contributed by atoms with Gasteiger partial charge in [0, 0.05) is 11.5 Å². The summed E-state index contributed by atoms with van der Waals surface area (Å²) < 4.78 is 136. The summed E-state index contributed by atoms with van der Waals surface area (Å²) in [6, 6.07) is 2.56. The molecule has 0 spiro atoms. The predicted octanol–water partition coefficient (Wildman–Crippen LogP) is 6.78. The Morgan fingerprint density at radius 2 is 1.46 bits per heavy atom. The van der Waals surface area contributed by atoms with Crippen LogP contribution in [0.5, 0.6) is 5.75 Å². The molecule has 3 aromatic rings. The van der Waals surface area contributed by atoms with Gasteiger partial charge in [0.25, 0.3) is 0 Å². The van der Waals surface area contributed by atoms with Gasteiger partial charge in [-0.2, -0.15) is 8.78 Å². The van der Waals surface area contributed by atoms with E-state index >= 15 is 4.39 Å². The lowest BCUT2D eigenvalue weighted by molar-refractivity contribution is -0.481. The number of rotatable bonds is 6. The van der Waals surface area contributed by atoms with E-state index in [2.05, 4.69) is 4.74 Å². The van der Waals surface area contributed by atoms with E-state index in [-0.39, 0.29) is 25.9 Å². The van der Waals surface area contributed by atoms with Crippen molar-refractivity contribution >= 4 is 10.8 Å². The van der Waals surface area contributed by atoms with Crippen LogP contribution in [0.2, 0.25) is 0 Å². The van der Waals surface area contributed by atoms with Crippen LogP contribution >= 0.6 is 0 Å². The molecule has 0 unspecified atom stereocenters. The van der Waals surface area contributed by atoms with Gasteiger partial charge in [0.05, 0.1) is 30.8 Å². The standard InChI is InChI=1S/C25H18F8O4/c1-2-5-23-9-34-25(35-10-23,36-11-23)15-4-3-14(19(28)20(15)29)24(32,33)37-13-6-12-7-17(27)21(30)22(31)18(12)16(26)8-13/h3-4,6-8H,2,5,9-11H2,1H3. The molecule has 3 aliphatic rings. The van der Waals surface area contributed by atoms with Crippen LogP contribution in [0.15, 0.2) is 30.3 Å². The van der Waals surface area contributed by atoms with Crippen molar-refractivity contribution in [3.63, 3.8) is 0 Å². The van der Waals surface area contributed by atoms with Crippen LogP contribution in [0.25, 0.3) is 10.8 Å². The zero-order chi connectivity index (χ0) is 26.8. The first-order chi connectivity index (χ1) is 17.4. The van der Waals surface area contributed by atoms with Crippen LogP contribution in [-0.2, 0) is 26.3 Å². The minimum Gasteiger partial charge on any atom is -0.429 e. The van der Waals surface area contributed by atoms with Gasteiger partial charge in [-0.15, -0.1) is 0 Å². The van der Waals surface area contributed by atoms with Gasteiger partial charge in [-0.25, -0.2) is 26.3 Å². The third-order valence-corrected chi connectivity index (χ3v) is 6.46. The molecule has 12 heteroatoms. The van der Waals surface area contributed by atoms with Gasteiger partial charge in [-0.05, 0) is 36.1 Å². The fourth-order valence-electron chi connectivity index (χ4n) is 4.61. The lowest BCUT2D eigenvalue weighted by Gasteiger charge is -2.51. The van der Waals surface area contributed by atoms with E-state index in [1.807, 2.05) is 6.92 Å². The quantitative estimate of drug-likeness (QED) is 0.258. The van der Waals surface area contributed by atoms with Gasteiger partial charge in [-0.3, -0.25) is 0 Å². The van der Waals surface area contributed by atoms with Crippen molar-refractivity contribution < 1.29 is 54.1 Å². The molecule has 3 fully saturated rings. The second-order valence-electron chi connectivity index (χ2n) is 9.07. The van der Waals surface area contributed by atoms with Gasteiger partial charge in [0.15, 0.2) is 29.1 Å². The summed E-state index contributed by atoms with van der Waals surface area (Å²) in [5.41, 5.74) is -2.60. The lowest BCUT2D eigenvalue weighted by atomic mass is 9.83. The highest BCUT2D eigenvalue weighted by Crippen LogP contribution is 2.48. The second-order valence-corrected chi connectivity index (χ2v) is 9.07. The highest BCUT2D eigenvalue weighted by atomic mass is 19.3. The Morgan fingerprint density at radius 1 is 0.811 bits per heavy atom. The highest BCUT2D eigenvalue weighted by molar-refractivity contribution is 5.85. The third kappa shape index (κ3) is 4.11. The van der Waals surface area contributed by atoms with Gasteiger partial charge >= 0.3 is 12.1 Å². The third-order valence-electron chi connectivity index (χ3n) is 6.46. The average Bonchev–Trinajstić information content (AvgIpc) is 2.84. The van der Waals surface area contributed by atoms with Crippen LogP contribution < -0.4 is 4.74 Å². The van der Waals surface area contributed by atoms with Crippen LogP contribution in [0.3, 0.4) is 0 Å². The fraction of sp³-hybridized carbons (Fsp3) is 0.360. The van der Waals surface area contributed by atoms with E-state index in [1.165, 1.54) is 0 Å². The SMILES string of the molecule is CCCC12COC(c3ccc(C(F)(F)Oc4cc(F)c5c(F)c(F)c(F)cc5c4)c(F)c3F)(OC1)OC2. The van der Waals surface area contributed by atoms with E-state index in [0.717, 1.165) is 12.5 Å². The highest BCUT2D eigenvalue weighted by Gasteiger charge is 2.55. The van der Waals surface area contributed by atoms with Crippen LogP contribution in [0, 0.1) is 40.3 Å². The number of hydrogen-bond donors (Lipinski definition) is 0. The number of alkyl halides is 2. The molecule has 3 heterocycles. The zero-order valence-corrected chi connectivity index (χ0v) is 19.1. The fourth-order valence-corrected chi connectivity index (χ4v) is 4.61. The van der Waals surface area contributed by atoms with Crippen molar-refractivity contribution in [1.29, 1.82) is 0 Å². The molecule has 0 aliphatic carbocycles. The summed E-state index contributed by atoms with van der Waals surface area (Å²) in [4.78, 5) is 0. The summed E-state index contributed by atoms with van der Waals surface area (Å²) in [6.45, 7) is 2.33. The molecule has 0 atom stereocenters. The van der Waals surface area contributed by atoms with Gasteiger partial charge in [-0.1, -0.05) is 13.3 Å². The smallest absolute Gasteiger partial charge is 0.429 e. The first-order valence-electron chi connectivity index (χ1n) is 11.2. The molecular formula is C25H18F8O4. The Bertz CT molecular complexity index is 1370. The predicted molar refractivity (Wildman–Crippen MR) is 112 cm³/mol. The minimum absolute atomic E-state index is 0.127. The molecule has 3 aliphatic heterocycles. The molecule has 6 rings (SSSR count). The van der Waals surface area contributed by atoms with E-state index in [1.54, 1.807) is 0 Å². The lowest BCUT2D eigenvalue weighted by Crippen LogP contribution is -2.58. The Labute approximate surface area is 204 Å². The van der Waals surface area contributed by atoms with E-state index in [9.17, 15) is 30.7 Å². The maximum absolute atomic E-state index is 15.0. The molecule has 2 bridgehead atoms. The van der Waals surface area contributed by atoms with E-state index < -0.39 is 80.0 Å². The molecule has 0 N–H and O–H groups in total. The van der Waals surface area contributed by atoms with Crippen molar-refractivity contribution in [2.45, 2.75) is 31.8 Å². The maximum Gasteiger partial charge on any atom is 0.429 e. The summed E-state index contributed by atoms with van der Waals surface area (Å²) in [5.74, 6) is -13.9. The maximum atomic E-state index is 15.0. The largest absolute Gasteiger partial charge is 0.429 e. The molecule has 0 radical (unpaired) electrons. The summed E-state index contributed by atoms with van der Waals surface area (Å²) in [7, 11) is 0. The molecule has 198 valence electrons. The van der Waals surface area contributed by atoms with Crippen LogP contribution in [0.1, 0.15) is 30.9 Å². The zero-order valence-electron chi connectivity index (χ0n) is 19.1. The minimum atomic E-state index is -4.57. The summed E-state index contributed by atoms with van der Waals surface area (Å²) in [6.07, 6.45) is -3.07.